The maximum Gasteiger partial charge on any atom is -0.0277 e. The third-order valence-electron chi connectivity index (χ3n) is 4.35. The second-order valence-corrected chi connectivity index (χ2v) is 4.86. The van der Waals surface area contributed by atoms with Gasteiger partial charge in [-0.05, 0) is 17.3 Å². The van der Waals surface area contributed by atoms with Gasteiger partial charge >= 0.3 is 0 Å². The van der Waals surface area contributed by atoms with Crippen LogP contribution in [0.25, 0.3) is 0 Å². The summed E-state index contributed by atoms with van der Waals surface area (Å²) in [5.74, 6) is 1.73. The van der Waals surface area contributed by atoms with Gasteiger partial charge < -0.3 is 0 Å². The predicted octanol–water partition coefficient (Wildman–Crippen LogP) is 4.89. The fraction of sp³-hybridized carbons (Fsp3) is 1.00. The van der Waals surface area contributed by atoms with Crippen molar-refractivity contribution in [1.82, 2.24) is 0 Å². The monoisotopic (exact) mass is 184 g/mol. The Balaban J connectivity index is 4.41. The van der Waals surface area contributed by atoms with Crippen LogP contribution in [0.5, 0.6) is 0 Å². The third kappa shape index (κ3) is 3.00. The van der Waals surface area contributed by atoms with Crippen LogP contribution < -0.4 is 0 Å². The van der Waals surface area contributed by atoms with E-state index in [0.717, 1.165) is 11.8 Å². The zero-order valence-corrected chi connectivity index (χ0v) is 10.5. The van der Waals surface area contributed by atoms with E-state index in [9.17, 15) is 0 Å². The summed E-state index contributed by atoms with van der Waals surface area (Å²) in [6.07, 6.45) is 5.35. The van der Waals surface area contributed by atoms with Crippen molar-refractivity contribution < 1.29 is 0 Å². The van der Waals surface area contributed by atoms with Crippen molar-refractivity contribution in [2.45, 2.75) is 67.2 Å². The first-order valence-electron chi connectivity index (χ1n) is 6.02. The van der Waals surface area contributed by atoms with Crippen LogP contribution in [0, 0.1) is 17.3 Å². The Kier molecular flexibility index (Phi) is 5.67. The van der Waals surface area contributed by atoms with Crippen molar-refractivity contribution in [1.29, 1.82) is 0 Å². The minimum atomic E-state index is 0.560. The van der Waals surface area contributed by atoms with Crippen molar-refractivity contribution in [3.63, 3.8) is 0 Å². The Morgan fingerprint density at radius 1 is 1.00 bits per heavy atom. The van der Waals surface area contributed by atoms with Crippen molar-refractivity contribution >= 4 is 0 Å². The summed E-state index contributed by atoms with van der Waals surface area (Å²) in [6, 6.07) is 0. The van der Waals surface area contributed by atoms with Crippen LogP contribution in [-0.4, -0.2) is 0 Å². The highest BCUT2D eigenvalue weighted by Gasteiger charge is 2.33. The van der Waals surface area contributed by atoms with E-state index in [1.165, 1.54) is 25.7 Å². The molecule has 0 fully saturated rings. The molecule has 0 spiro atoms. The van der Waals surface area contributed by atoms with Crippen LogP contribution >= 0.6 is 0 Å². The number of hydrogen-bond donors (Lipinski definition) is 0. The van der Waals surface area contributed by atoms with Crippen LogP contribution in [0.4, 0.5) is 0 Å². The van der Waals surface area contributed by atoms with Crippen LogP contribution in [0.3, 0.4) is 0 Å². The molecule has 0 amide bonds. The fourth-order valence-corrected chi connectivity index (χ4v) is 2.41. The lowest BCUT2D eigenvalue weighted by molar-refractivity contribution is 0.0970. The van der Waals surface area contributed by atoms with Crippen molar-refractivity contribution in [2.24, 2.45) is 17.3 Å². The molecule has 0 saturated carbocycles. The molecule has 0 aliphatic rings. The first kappa shape index (κ1) is 13.0. The highest BCUT2D eigenvalue weighted by Crippen LogP contribution is 2.42. The molecule has 0 radical (unpaired) electrons. The fourth-order valence-electron chi connectivity index (χ4n) is 2.41. The summed E-state index contributed by atoms with van der Waals surface area (Å²) in [5, 5.41) is 0. The van der Waals surface area contributed by atoms with E-state index in [-0.39, 0.29) is 0 Å². The van der Waals surface area contributed by atoms with Crippen molar-refractivity contribution in [3.05, 3.63) is 0 Å². The Hall–Kier alpha value is 0. The summed E-state index contributed by atoms with van der Waals surface area (Å²) >= 11 is 0. The van der Waals surface area contributed by atoms with Gasteiger partial charge in [0.1, 0.15) is 0 Å². The molecule has 0 aliphatic carbocycles. The zero-order valence-electron chi connectivity index (χ0n) is 10.5. The van der Waals surface area contributed by atoms with Gasteiger partial charge in [0, 0.05) is 0 Å². The van der Waals surface area contributed by atoms with Crippen LogP contribution in [0.1, 0.15) is 67.2 Å². The molecule has 0 nitrogen and oxygen atoms in total. The molecule has 0 aromatic heterocycles. The van der Waals surface area contributed by atoms with Gasteiger partial charge in [-0.2, -0.15) is 0 Å². The summed E-state index contributed by atoms with van der Waals surface area (Å²) in [7, 11) is 0. The minimum absolute atomic E-state index is 0.560. The van der Waals surface area contributed by atoms with Crippen LogP contribution in [-0.2, 0) is 0 Å². The van der Waals surface area contributed by atoms with E-state index < -0.39 is 0 Å². The first-order valence-corrected chi connectivity index (χ1v) is 6.02. The van der Waals surface area contributed by atoms with E-state index >= 15 is 0 Å². The van der Waals surface area contributed by atoms with Crippen LogP contribution in [0.15, 0.2) is 0 Å². The van der Waals surface area contributed by atoms with Gasteiger partial charge in [-0.15, -0.1) is 0 Å². The Bertz CT molecular complexity index is 128. The Morgan fingerprint density at radius 3 is 1.85 bits per heavy atom. The first-order chi connectivity index (χ1) is 6.02. The summed E-state index contributed by atoms with van der Waals surface area (Å²) in [5.41, 5.74) is 0.560. The molecular formula is C13H28. The lowest BCUT2D eigenvalue weighted by atomic mass is 9.65. The molecule has 0 N–H and O–H groups in total. The van der Waals surface area contributed by atoms with E-state index in [2.05, 4.69) is 41.5 Å². The smallest absolute Gasteiger partial charge is 0.0277 e. The molecule has 0 aromatic rings. The third-order valence-corrected chi connectivity index (χ3v) is 4.35. The van der Waals surface area contributed by atoms with Gasteiger partial charge in [0.25, 0.3) is 0 Å². The molecule has 0 aromatic carbocycles. The molecule has 0 heterocycles. The Labute approximate surface area is 85.1 Å². The highest BCUT2D eigenvalue weighted by molar-refractivity contribution is 4.82. The number of rotatable bonds is 6. The van der Waals surface area contributed by atoms with Crippen molar-refractivity contribution in [2.75, 3.05) is 0 Å². The lowest BCUT2D eigenvalue weighted by Gasteiger charge is -2.40. The largest absolute Gasteiger partial charge is 0.0654 e. The number of hydrogen-bond acceptors (Lipinski definition) is 0. The normalized spacial score (nSPS) is 20.8. The second kappa shape index (κ2) is 5.67. The standard InChI is InChI=1S/C13H28/c1-7-10-12(5)13(6,9-3)11(4)8-2/h11-12H,7-10H2,1-6H3. The van der Waals surface area contributed by atoms with E-state index in [1.54, 1.807) is 0 Å². The zero-order chi connectivity index (χ0) is 10.5. The van der Waals surface area contributed by atoms with E-state index in [1.807, 2.05) is 0 Å². The second-order valence-electron chi connectivity index (χ2n) is 4.86. The van der Waals surface area contributed by atoms with Gasteiger partial charge in [0.05, 0.1) is 0 Å². The molecule has 13 heavy (non-hydrogen) atoms. The topological polar surface area (TPSA) is 0 Å². The van der Waals surface area contributed by atoms with E-state index in [0.29, 0.717) is 5.41 Å². The maximum absolute atomic E-state index is 2.47. The van der Waals surface area contributed by atoms with Crippen molar-refractivity contribution in [3.8, 4) is 0 Å². The molecule has 0 rings (SSSR count). The molecule has 0 heteroatoms. The average Bonchev–Trinajstić information content (AvgIpc) is 2.15. The molecule has 3 atom stereocenters. The summed E-state index contributed by atoms with van der Waals surface area (Å²) in [6.45, 7) is 14.3. The maximum atomic E-state index is 2.47. The van der Waals surface area contributed by atoms with Crippen LogP contribution in [0.2, 0.25) is 0 Å². The van der Waals surface area contributed by atoms with Gasteiger partial charge in [-0.3, -0.25) is 0 Å². The summed E-state index contributed by atoms with van der Waals surface area (Å²) in [4.78, 5) is 0. The van der Waals surface area contributed by atoms with Gasteiger partial charge in [-0.25, -0.2) is 0 Å². The lowest BCUT2D eigenvalue weighted by Crippen LogP contribution is -2.31. The highest BCUT2D eigenvalue weighted by atomic mass is 14.4. The summed E-state index contributed by atoms with van der Waals surface area (Å²) < 4.78 is 0. The average molecular weight is 184 g/mol. The molecule has 0 saturated heterocycles. The molecular weight excluding hydrogens is 156 g/mol. The van der Waals surface area contributed by atoms with Gasteiger partial charge in [-0.1, -0.05) is 67.2 Å². The minimum Gasteiger partial charge on any atom is -0.0654 e. The molecule has 80 valence electrons. The molecule has 3 unspecified atom stereocenters. The quantitative estimate of drug-likeness (QED) is 0.551. The molecule has 0 aliphatic heterocycles. The SMILES string of the molecule is CCCC(C)C(C)(CC)C(C)CC. The predicted molar refractivity (Wildman–Crippen MR) is 61.9 cm³/mol. The van der Waals surface area contributed by atoms with Gasteiger partial charge in [0.2, 0.25) is 0 Å². The Morgan fingerprint density at radius 2 is 1.54 bits per heavy atom. The van der Waals surface area contributed by atoms with E-state index in [4.69, 9.17) is 0 Å². The van der Waals surface area contributed by atoms with Gasteiger partial charge in [0.15, 0.2) is 0 Å². The molecule has 0 bridgehead atoms.